The van der Waals surface area contributed by atoms with E-state index in [0.29, 0.717) is 24.1 Å². The second-order valence-corrected chi connectivity index (χ2v) is 6.75. The Balaban J connectivity index is 1.59. The molecule has 0 aromatic carbocycles. The minimum absolute atomic E-state index is 0.252. The van der Waals surface area contributed by atoms with Crippen LogP contribution in [0.3, 0.4) is 0 Å². The first-order valence-electron chi connectivity index (χ1n) is 7.49. The number of furan rings is 1. The average molecular weight is 263 g/mol. The molecule has 2 aliphatic rings. The van der Waals surface area contributed by atoms with Crippen molar-refractivity contribution in [2.24, 2.45) is 11.3 Å². The third-order valence-electron chi connectivity index (χ3n) is 4.88. The van der Waals surface area contributed by atoms with Gasteiger partial charge in [0.05, 0.1) is 12.4 Å². The number of rotatable bonds is 4. The Hall–Kier alpha value is -0.800. The number of nitrogens with one attached hydrogen (secondary N) is 1. The Kier molecular flexibility index (Phi) is 3.44. The summed E-state index contributed by atoms with van der Waals surface area (Å²) in [7, 11) is 0. The van der Waals surface area contributed by atoms with Gasteiger partial charge in [-0.25, -0.2) is 0 Å². The Bertz CT molecular complexity index is 412. The summed E-state index contributed by atoms with van der Waals surface area (Å²) < 4.78 is 11.4. The molecule has 0 bridgehead atoms. The Morgan fingerprint density at radius 1 is 1.47 bits per heavy atom. The van der Waals surface area contributed by atoms with Crippen molar-refractivity contribution in [3.8, 4) is 0 Å². The predicted octanol–water partition coefficient (Wildman–Crippen LogP) is 3.00. The smallest absolute Gasteiger partial charge is 0.105 e. The number of hydrogen-bond acceptors (Lipinski definition) is 3. The molecule has 1 aromatic heterocycles. The van der Waals surface area contributed by atoms with Crippen LogP contribution in [0.5, 0.6) is 0 Å². The van der Waals surface area contributed by atoms with Gasteiger partial charge in [-0.15, -0.1) is 0 Å². The van der Waals surface area contributed by atoms with Crippen LogP contribution in [0.4, 0.5) is 0 Å². The number of ether oxygens (including phenoxy) is 1. The predicted molar refractivity (Wildman–Crippen MR) is 75.0 cm³/mol. The van der Waals surface area contributed by atoms with E-state index in [1.54, 1.807) is 6.26 Å². The van der Waals surface area contributed by atoms with Gasteiger partial charge in [-0.2, -0.15) is 0 Å². The van der Waals surface area contributed by atoms with Crippen molar-refractivity contribution in [2.75, 3.05) is 6.61 Å². The molecule has 1 N–H and O–H groups in total. The molecule has 3 heteroatoms. The van der Waals surface area contributed by atoms with E-state index in [9.17, 15) is 0 Å². The molecule has 1 aliphatic heterocycles. The number of fused-ring (bicyclic) bond motifs is 1. The van der Waals surface area contributed by atoms with Crippen LogP contribution >= 0.6 is 0 Å². The maximum Gasteiger partial charge on any atom is 0.105 e. The first-order chi connectivity index (χ1) is 9.09. The molecule has 3 rings (SSSR count). The lowest BCUT2D eigenvalue weighted by Crippen LogP contribution is -2.70. The Morgan fingerprint density at radius 2 is 2.32 bits per heavy atom. The fourth-order valence-corrected chi connectivity index (χ4v) is 3.96. The monoisotopic (exact) mass is 263 g/mol. The highest BCUT2D eigenvalue weighted by Gasteiger charge is 2.57. The molecule has 0 amide bonds. The minimum Gasteiger partial charge on any atom is -0.469 e. The van der Waals surface area contributed by atoms with Gasteiger partial charge < -0.3 is 14.5 Å². The zero-order chi connectivity index (χ0) is 13.5. The first-order valence-corrected chi connectivity index (χ1v) is 7.49. The van der Waals surface area contributed by atoms with Gasteiger partial charge >= 0.3 is 0 Å². The van der Waals surface area contributed by atoms with E-state index in [-0.39, 0.29) is 5.41 Å². The maximum absolute atomic E-state index is 5.95. The summed E-state index contributed by atoms with van der Waals surface area (Å²) in [6.45, 7) is 7.85. The van der Waals surface area contributed by atoms with E-state index in [4.69, 9.17) is 9.15 Å². The standard InChI is InChI=1S/C16H25NO2/c1-11(10-12-6-4-8-18-12)17-14-13-7-5-9-19-15(13)16(14,2)3/h4,6,8,11,13-15,17H,5,7,9-10H2,1-3H3. The topological polar surface area (TPSA) is 34.4 Å². The van der Waals surface area contributed by atoms with Gasteiger partial charge in [0, 0.05) is 36.4 Å². The molecule has 0 spiro atoms. The zero-order valence-electron chi connectivity index (χ0n) is 12.2. The Labute approximate surface area is 115 Å². The van der Waals surface area contributed by atoms with E-state index in [1.807, 2.05) is 6.07 Å². The van der Waals surface area contributed by atoms with Crippen molar-refractivity contribution < 1.29 is 9.15 Å². The molecule has 2 heterocycles. The van der Waals surface area contributed by atoms with E-state index < -0.39 is 0 Å². The van der Waals surface area contributed by atoms with Crippen molar-refractivity contribution in [2.45, 2.75) is 58.2 Å². The maximum atomic E-state index is 5.95. The summed E-state index contributed by atoms with van der Waals surface area (Å²) in [6.07, 6.45) is 5.67. The highest BCUT2D eigenvalue weighted by atomic mass is 16.5. The van der Waals surface area contributed by atoms with Crippen molar-refractivity contribution in [3.63, 3.8) is 0 Å². The summed E-state index contributed by atoms with van der Waals surface area (Å²) >= 11 is 0. The molecule has 4 unspecified atom stereocenters. The molecule has 0 radical (unpaired) electrons. The molecule has 106 valence electrons. The van der Waals surface area contributed by atoms with E-state index in [0.717, 1.165) is 18.8 Å². The third kappa shape index (κ3) is 2.34. The first kappa shape index (κ1) is 13.2. The molecule has 19 heavy (non-hydrogen) atoms. The molecule has 4 atom stereocenters. The van der Waals surface area contributed by atoms with Gasteiger partial charge in [0.2, 0.25) is 0 Å². The van der Waals surface area contributed by atoms with Crippen LogP contribution in [-0.2, 0) is 11.2 Å². The third-order valence-corrected chi connectivity index (χ3v) is 4.88. The highest BCUT2D eigenvalue weighted by molar-refractivity contribution is 5.11. The van der Waals surface area contributed by atoms with E-state index in [2.05, 4.69) is 32.2 Å². The van der Waals surface area contributed by atoms with Crippen LogP contribution in [0.25, 0.3) is 0 Å². The van der Waals surface area contributed by atoms with Gasteiger partial charge in [-0.05, 0) is 31.9 Å². The van der Waals surface area contributed by atoms with Crippen LogP contribution in [0.15, 0.2) is 22.8 Å². The summed E-state index contributed by atoms with van der Waals surface area (Å²) in [5.41, 5.74) is 0.252. The second kappa shape index (κ2) is 4.95. The fraction of sp³-hybridized carbons (Fsp3) is 0.750. The SMILES string of the molecule is CC(Cc1ccco1)NC1C2CCCOC2C1(C)C. The van der Waals surface area contributed by atoms with Gasteiger partial charge in [-0.1, -0.05) is 13.8 Å². The molecular weight excluding hydrogens is 238 g/mol. The highest BCUT2D eigenvalue weighted by Crippen LogP contribution is 2.51. The van der Waals surface area contributed by atoms with Crippen molar-refractivity contribution in [1.82, 2.24) is 5.32 Å². The summed E-state index contributed by atoms with van der Waals surface area (Å²) in [5, 5.41) is 3.80. The van der Waals surface area contributed by atoms with Crippen LogP contribution < -0.4 is 5.32 Å². The lowest BCUT2D eigenvalue weighted by Gasteiger charge is -2.60. The van der Waals surface area contributed by atoms with Crippen molar-refractivity contribution in [3.05, 3.63) is 24.2 Å². The van der Waals surface area contributed by atoms with Gasteiger partial charge in [-0.3, -0.25) is 0 Å². The van der Waals surface area contributed by atoms with Crippen molar-refractivity contribution >= 4 is 0 Å². The van der Waals surface area contributed by atoms with Crippen LogP contribution in [-0.4, -0.2) is 24.8 Å². The molecule has 1 saturated heterocycles. The molecular formula is C16H25NO2. The summed E-state index contributed by atoms with van der Waals surface area (Å²) in [4.78, 5) is 0. The Morgan fingerprint density at radius 3 is 3.05 bits per heavy atom. The zero-order valence-corrected chi connectivity index (χ0v) is 12.2. The molecule has 2 fully saturated rings. The van der Waals surface area contributed by atoms with Crippen molar-refractivity contribution in [1.29, 1.82) is 0 Å². The minimum atomic E-state index is 0.252. The summed E-state index contributed by atoms with van der Waals surface area (Å²) in [5.74, 6) is 1.76. The number of hydrogen-bond donors (Lipinski definition) is 1. The molecule has 1 saturated carbocycles. The van der Waals surface area contributed by atoms with E-state index in [1.165, 1.54) is 12.8 Å². The van der Waals surface area contributed by atoms with Crippen LogP contribution in [0, 0.1) is 11.3 Å². The lowest BCUT2D eigenvalue weighted by molar-refractivity contribution is -0.194. The molecule has 1 aromatic rings. The van der Waals surface area contributed by atoms with Gasteiger partial charge in [0.15, 0.2) is 0 Å². The normalized spacial score (nSPS) is 34.4. The fourth-order valence-electron chi connectivity index (χ4n) is 3.96. The quantitative estimate of drug-likeness (QED) is 0.907. The largest absolute Gasteiger partial charge is 0.469 e. The van der Waals surface area contributed by atoms with Gasteiger partial charge in [0.25, 0.3) is 0 Å². The second-order valence-electron chi connectivity index (χ2n) is 6.75. The average Bonchev–Trinajstić information content (AvgIpc) is 2.89. The van der Waals surface area contributed by atoms with Crippen LogP contribution in [0.1, 0.15) is 39.4 Å². The van der Waals surface area contributed by atoms with Gasteiger partial charge in [0.1, 0.15) is 5.76 Å². The summed E-state index contributed by atoms with van der Waals surface area (Å²) in [6, 6.07) is 5.03. The molecule has 1 aliphatic carbocycles. The molecule has 3 nitrogen and oxygen atoms in total. The van der Waals surface area contributed by atoms with E-state index >= 15 is 0 Å². The van der Waals surface area contributed by atoms with Crippen LogP contribution in [0.2, 0.25) is 0 Å². The lowest BCUT2D eigenvalue weighted by atomic mass is 9.55.